The topological polar surface area (TPSA) is 66.5 Å². The molecular weight excluding hydrogens is 319 g/mol. The monoisotopic (exact) mass is 336 g/mol. The third-order valence-corrected chi connectivity index (χ3v) is 4.31. The summed E-state index contributed by atoms with van der Waals surface area (Å²) in [6.45, 7) is -0.313. The number of hydrogen-bond donors (Lipinski definition) is 1. The van der Waals surface area contributed by atoms with Crippen LogP contribution in [-0.4, -0.2) is 31.4 Å². The Morgan fingerprint density at radius 2 is 1.70 bits per heavy atom. The van der Waals surface area contributed by atoms with E-state index in [1.54, 1.807) is 24.3 Å². The van der Waals surface area contributed by atoms with Crippen molar-refractivity contribution in [2.24, 2.45) is 0 Å². The zero-order valence-electron chi connectivity index (χ0n) is 12.6. The highest BCUT2D eigenvalue weighted by atomic mass is 32.2. The van der Waals surface area contributed by atoms with Gasteiger partial charge in [-0.1, -0.05) is 30.3 Å². The maximum absolute atomic E-state index is 12.9. The average Bonchev–Trinajstić information content (AvgIpc) is 2.49. The molecule has 0 spiro atoms. The Morgan fingerprint density at radius 1 is 1.09 bits per heavy atom. The van der Waals surface area contributed by atoms with Gasteiger partial charge in [-0.05, 0) is 29.8 Å². The van der Waals surface area contributed by atoms with Gasteiger partial charge in [0, 0.05) is 12.2 Å². The molecule has 0 aliphatic carbocycles. The Kier molecular flexibility index (Phi) is 5.46. The summed E-state index contributed by atoms with van der Waals surface area (Å²) >= 11 is 0. The van der Waals surface area contributed by atoms with Crippen LogP contribution in [0.1, 0.15) is 5.56 Å². The molecule has 0 radical (unpaired) electrons. The van der Waals surface area contributed by atoms with Crippen molar-refractivity contribution in [3.05, 3.63) is 66.0 Å². The first-order valence-electron chi connectivity index (χ1n) is 6.89. The Labute approximate surface area is 134 Å². The third kappa shape index (κ3) is 5.46. The van der Waals surface area contributed by atoms with Crippen molar-refractivity contribution in [2.75, 3.05) is 18.1 Å². The number of carbonyl (C=O) groups is 1. The second-order valence-electron chi connectivity index (χ2n) is 5.07. The van der Waals surface area contributed by atoms with E-state index in [1.807, 2.05) is 6.07 Å². The van der Waals surface area contributed by atoms with E-state index in [0.29, 0.717) is 11.3 Å². The molecule has 122 valence electrons. The quantitative estimate of drug-likeness (QED) is 0.880. The minimum atomic E-state index is -3.58. The molecule has 0 unspecified atom stereocenters. The van der Waals surface area contributed by atoms with E-state index in [1.165, 1.54) is 24.3 Å². The third-order valence-electron chi connectivity index (χ3n) is 3.12. The van der Waals surface area contributed by atoms with E-state index in [-0.39, 0.29) is 13.1 Å². The Hall–Kier alpha value is -2.25. The minimum absolute atomic E-state index is 0.00131. The van der Waals surface area contributed by atoms with Crippen LogP contribution >= 0.6 is 0 Å². The van der Waals surface area contributed by atoms with Crippen LogP contribution in [0.15, 0.2) is 54.6 Å². The largest absolute Gasteiger partial charge is 0.325 e. The number of rotatable bonds is 6. The van der Waals surface area contributed by atoms with Gasteiger partial charge in [0.2, 0.25) is 15.9 Å². The van der Waals surface area contributed by atoms with E-state index in [0.717, 1.165) is 10.6 Å². The van der Waals surface area contributed by atoms with Gasteiger partial charge in [0.05, 0.1) is 12.8 Å². The van der Waals surface area contributed by atoms with Crippen LogP contribution in [0.25, 0.3) is 0 Å². The second kappa shape index (κ2) is 7.34. The van der Waals surface area contributed by atoms with Gasteiger partial charge in [-0.25, -0.2) is 12.8 Å². The molecule has 23 heavy (non-hydrogen) atoms. The standard InChI is InChI=1S/C16H17FN2O3S/c1-23(21,22)19(11-13-7-9-14(17)10-8-13)12-16(20)18-15-5-3-2-4-6-15/h2-10H,11-12H2,1H3,(H,18,20). The SMILES string of the molecule is CS(=O)(=O)N(CC(=O)Nc1ccccc1)Cc1ccc(F)cc1. The zero-order valence-corrected chi connectivity index (χ0v) is 13.4. The molecule has 0 bridgehead atoms. The number of nitrogens with one attached hydrogen (secondary N) is 1. The highest BCUT2D eigenvalue weighted by Crippen LogP contribution is 2.11. The van der Waals surface area contributed by atoms with E-state index in [9.17, 15) is 17.6 Å². The van der Waals surface area contributed by atoms with Crippen LogP contribution in [0.3, 0.4) is 0 Å². The summed E-state index contributed by atoms with van der Waals surface area (Å²) in [6.07, 6.45) is 1.03. The summed E-state index contributed by atoms with van der Waals surface area (Å²) in [5.41, 5.74) is 1.19. The van der Waals surface area contributed by atoms with Crippen LogP contribution in [-0.2, 0) is 21.4 Å². The summed E-state index contributed by atoms with van der Waals surface area (Å²) in [7, 11) is -3.58. The van der Waals surface area contributed by atoms with Crippen LogP contribution in [0, 0.1) is 5.82 Å². The molecule has 0 heterocycles. The van der Waals surface area contributed by atoms with Crippen LogP contribution in [0.5, 0.6) is 0 Å². The van der Waals surface area contributed by atoms with Gasteiger partial charge in [-0.2, -0.15) is 4.31 Å². The Morgan fingerprint density at radius 3 is 2.26 bits per heavy atom. The number of anilines is 1. The first kappa shape index (κ1) is 17.1. The highest BCUT2D eigenvalue weighted by molar-refractivity contribution is 7.88. The summed E-state index contributed by atoms with van der Waals surface area (Å²) in [5.74, 6) is -0.842. The van der Waals surface area contributed by atoms with Gasteiger partial charge in [-0.3, -0.25) is 4.79 Å². The summed E-state index contributed by atoms with van der Waals surface area (Å²) in [6, 6.07) is 14.2. The van der Waals surface area contributed by atoms with Gasteiger partial charge in [0.25, 0.3) is 0 Å². The van der Waals surface area contributed by atoms with Crippen molar-refractivity contribution in [3.63, 3.8) is 0 Å². The number of hydrogen-bond acceptors (Lipinski definition) is 3. The number of amides is 1. The fourth-order valence-electron chi connectivity index (χ4n) is 1.97. The zero-order chi connectivity index (χ0) is 16.9. The predicted octanol–water partition coefficient (Wildman–Crippen LogP) is 2.23. The molecule has 2 rings (SSSR count). The molecule has 0 aliphatic rings. The summed E-state index contributed by atoms with van der Waals surface area (Å²) in [5, 5.41) is 2.63. The second-order valence-corrected chi connectivity index (χ2v) is 7.05. The molecule has 0 saturated carbocycles. The molecule has 0 aromatic heterocycles. The van der Waals surface area contributed by atoms with Crippen molar-refractivity contribution >= 4 is 21.6 Å². The van der Waals surface area contributed by atoms with Crippen LogP contribution < -0.4 is 5.32 Å². The molecule has 0 saturated heterocycles. The lowest BCUT2D eigenvalue weighted by Gasteiger charge is -2.19. The van der Waals surface area contributed by atoms with E-state index in [2.05, 4.69) is 5.32 Å². The smallest absolute Gasteiger partial charge is 0.239 e. The van der Waals surface area contributed by atoms with E-state index >= 15 is 0 Å². The highest BCUT2D eigenvalue weighted by Gasteiger charge is 2.20. The fourth-order valence-corrected chi connectivity index (χ4v) is 2.70. The van der Waals surface area contributed by atoms with Crippen molar-refractivity contribution in [3.8, 4) is 0 Å². The molecule has 0 aliphatic heterocycles. The average molecular weight is 336 g/mol. The molecule has 1 N–H and O–H groups in total. The molecular formula is C16H17FN2O3S. The number of nitrogens with zero attached hydrogens (tertiary/aromatic N) is 1. The lowest BCUT2D eigenvalue weighted by molar-refractivity contribution is -0.116. The molecule has 0 fully saturated rings. The lowest BCUT2D eigenvalue weighted by Crippen LogP contribution is -2.36. The minimum Gasteiger partial charge on any atom is -0.325 e. The first-order chi connectivity index (χ1) is 10.8. The van der Waals surface area contributed by atoms with Crippen molar-refractivity contribution in [2.45, 2.75) is 6.54 Å². The number of sulfonamides is 1. The summed E-state index contributed by atoms with van der Waals surface area (Å²) < 4.78 is 37.7. The van der Waals surface area contributed by atoms with Crippen molar-refractivity contribution < 1.29 is 17.6 Å². The fraction of sp³-hybridized carbons (Fsp3) is 0.188. The van der Waals surface area contributed by atoms with Gasteiger partial charge in [0.15, 0.2) is 0 Å². The normalized spacial score (nSPS) is 11.4. The molecule has 1 amide bonds. The molecule has 7 heteroatoms. The number of halogens is 1. The number of para-hydroxylation sites is 1. The maximum atomic E-state index is 12.9. The van der Waals surface area contributed by atoms with Crippen LogP contribution in [0.4, 0.5) is 10.1 Å². The van der Waals surface area contributed by atoms with Crippen molar-refractivity contribution in [1.29, 1.82) is 0 Å². The number of benzene rings is 2. The molecule has 5 nitrogen and oxygen atoms in total. The Balaban J connectivity index is 2.07. The van der Waals surface area contributed by atoms with Gasteiger partial charge in [0.1, 0.15) is 5.82 Å². The Bertz CT molecular complexity index is 762. The maximum Gasteiger partial charge on any atom is 0.239 e. The molecule has 2 aromatic rings. The predicted molar refractivity (Wildman–Crippen MR) is 86.7 cm³/mol. The summed E-state index contributed by atoms with van der Waals surface area (Å²) in [4.78, 5) is 12.0. The molecule has 2 aromatic carbocycles. The first-order valence-corrected chi connectivity index (χ1v) is 8.74. The van der Waals surface area contributed by atoms with E-state index in [4.69, 9.17) is 0 Å². The number of carbonyl (C=O) groups excluding carboxylic acids is 1. The molecule has 0 atom stereocenters. The van der Waals surface area contributed by atoms with Crippen LogP contribution in [0.2, 0.25) is 0 Å². The lowest BCUT2D eigenvalue weighted by atomic mass is 10.2. The van der Waals surface area contributed by atoms with Crippen molar-refractivity contribution in [1.82, 2.24) is 4.31 Å². The van der Waals surface area contributed by atoms with Gasteiger partial charge in [-0.15, -0.1) is 0 Å². The van der Waals surface area contributed by atoms with Gasteiger partial charge < -0.3 is 5.32 Å². The van der Waals surface area contributed by atoms with E-state index < -0.39 is 21.7 Å². The van der Waals surface area contributed by atoms with Gasteiger partial charge >= 0.3 is 0 Å².